The Hall–Kier alpha value is -7.14. The van der Waals surface area contributed by atoms with Crippen LogP contribution in [-0.4, -0.2) is 41.7 Å². The molecular weight excluding hydrogens is 825 g/mol. The minimum atomic E-state index is -1.56. The average molecular weight is 883 g/mol. The van der Waals surface area contributed by atoms with Crippen LogP contribution in [0.4, 0.5) is 0 Å². The van der Waals surface area contributed by atoms with E-state index >= 15 is 0 Å². The molecule has 0 saturated heterocycles. The average Bonchev–Trinajstić information content (AvgIpc) is 4.15. The van der Waals surface area contributed by atoms with Gasteiger partial charge in [-0.3, -0.25) is 0 Å². The number of fused-ring (bicyclic) bond motifs is 8. The summed E-state index contributed by atoms with van der Waals surface area (Å²) in [6.45, 7) is 16.3. The molecular formula is C59H58N4O2Si. The molecule has 0 amide bonds. The number of ether oxygens (including phenoxy) is 2. The molecule has 0 atom stereocenters. The predicted molar refractivity (Wildman–Crippen MR) is 281 cm³/mol. The van der Waals surface area contributed by atoms with Crippen LogP contribution in [0.3, 0.4) is 0 Å². The molecule has 4 aromatic carbocycles. The van der Waals surface area contributed by atoms with E-state index in [9.17, 15) is 0 Å². The van der Waals surface area contributed by atoms with Gasteiger partial charge in [-0.15, -0.1) is 5.54 Å². The van der Waals surface area contributed by atoms with Gasteiger partial charge in [0.05, 0.1) is 36.5 Å². The first-order chi connectivity index (χ1) is 32.0. The van der Waals surface area contributed by atoms with Gasteiger partial charge < -0.3 is 19.4 Å². The van der Waals surface area contributed by atoms with Gasteiger partial charge >= 0.3 is 0 Å². The van der Waals surface area contributed by atoms with Crippen LogP contribution in [0.15, 0.2) is 109 Å². The number of methoxy groups -OCH3 is 1. The van der Waals surface area contributed by atoms with Crippen molar-refractivity contribution in [2.45, 2.75) is 73.0 Å². The molecule has 6 nitrogen and oxygen atoms in total. The molecule has 0 unspecified atom stereocenters. The minimum absolute atomic E-state index is 0.708. The van der Waals surface area contributed by atoms with Crippen molar-refractivity contribution in [2.24, 2.45) is 0 Å². The zero-order valence-corrected chi connectivity index (χ0v) is 40.4. The fourth-order valence-electron chi connectivity index (χ4n) is 9.13. The molecule has 0 aliphatic carbocycles. The number of aromatic amines is 2. The summed E-state index contributed by atoms with van der Waals surface area (Å²) in [5.74, 6) is 5.11. The molecule has 0 radical (unpaired) electrons. The molecule has 7 aromatic rings. The number of aromatic nitrogens is 4. The van der Waals surface area contributed by atoms with Crippen molar-refractivity contribution in [1.29, 1.82) is 0 Å². The number of benzene rings is 4. The van der Waals surface area contributed by atoms with Gasteiger partial charge in [0.2, 0.25) is 0 Å². The molecule has 9 rings (SSSR count). The number of nitrogens with zero attached hydrogens (tertiary/aromatic N) is 2. The molecule has 7 heteroatoms. The largest absolute Gasteiger partial charge is 0.497 e. The van der Waals surface area contributed by atoms with Crippen molar-refractivity contribution in [1.82, 2.24) is 19.9 Å². The van der Waals surface area contributed by atoms with Crippen molar-refractivity contribution >= 4 is 54.4 Å². The molecule has 2 aliphatic heterocycles. The van der Waals surface area contributed by atoms with Crippen LogP contribution >= 0.6 is 0 Å². The highest BCUT2D eigenvalue weighted by Gasteiger charge is 2.21. The van der Waals surface area contributed by atoms with Gasteiger partial charge in [-0.1, -0.05) is 106 Å². The molecule has 2 N–H and O–H groups in total. The maximum atomic E-state index is 6.21. The highest BCUT2D eigenvalue weighted by Crippen LogP contribution is 2.40. The summed E-state index contributed by atoms with van der Waals surface area (Å²) in [6.07, 6.45) is 13.3. The molecule has 2 aliphatic rings. The highest BCUT2D eigenvalue weighted by molar-refractivity contribution is 6.83. The summed E-state index contributed by atoms with van der Waals surface area (Å²) in [6, 6.07) is 38.6. The Morgan fingerprint density at radius 3 is 1.41 bits per heavy atom. The van der Waals surface area contributed by atoms with Crippen molar-refractivity contribution in [2.75, 3.05) is 13.7 Å². The van der Waals surface area contributed by atoms with E-state index in [0.29, 0.717) is 6.61 Å². The van der Waals surface area contributed by atoms with Crippen LogP contribution in [0.25, 0.3) is 90.9 Å². The first-order valence-corrected chi connectivity index (χ1v) is 26.7. The first kappa shape index (κ1) is 44.1. The molecule has 8 bridgehead atoms. The van der Waals surface area contributed by atoms with Gasteiger partial charge in [0.25, 0.3) is 0 Å². The molecule has 66 heavy (non-hydrogen) atoms. The van der Waals surface area contributed by atoms with Crippen LogP contribution in [-0.2, 0) is 0 Å². The number of unbranched alkanes of at least 4 members (excludes halogenated alkanes) is 3. The number of rotatable bonds is 11. The number of nitrogens with one attached hydrogen (secondary N) is 2. The van der Waals surface area contributed by atoms with Crippen LogP contribution < -0.4 is 9.47 Å². The molecule has 5 heterocycles. The number of hydrogen-bond acceptors (Lipinski definition) is 4. The molecule has 0 spiro atoms. The second-order valence-electron chi connectivity index (χ2n) is 18.5. The Kier molecular flexibility index (Phi) is 12.5. The normalized spacial score (nSPS) is 12.0. The monoisotopic (exact) mass is 882 g/mol. The summed E-state index contributed by atoms with van der Waals surface area (Å²) >= 11 is 0. The Morgan fingerprint density at radius 1 is 0.515 bits per heavy atom. The van der Waals surface area contributed by atoms with Gasteiger partial charge in [-0.2, -0.15) is 0 Å². The summed E-state index contributed by atoms with van der Waals surface area (Å²) in [4.78, 5) is 18.9. The second-order valence-corrected chi connectivity index (χ2v) is 23.3. The van der Waals surface area contributed by atoms with E-state index in [1.165, 1.54) is 41.5 Å². The maximum Gasteiger partial charge on any atom is 0.129 e. The van der Waals surface area contributed by atoms with Gasteiger partial charge in [0.15, 0.2) is 0 Å². The lowest BCUT2D eigenvalue weighted by Gasteiger charge is -2.13. The summed E-state index contributed by atoms with van der Waals surface area (Å²) in [5, 5.41) is 0. The SMILES string of the molecule is CCCCCCOc1ccc(-c2c3nc(c(-c4ccc(C#C[Si](C)(C)C)cc4)c4ccc([nH]4)c(-c4c(C)cc(C)cc4C)c4nc(c(-c5ccc(OC)cc5)c5ccc2[nH]5)C=C4)C=C3)cc1. The molecule has 3 aromatic heterocycles. The topological polar surface area (TPSA) is 75.8 Å². The van der Waals surface area contributed by atoms with Crippen molar-refractivity contribution in [3.63, 3.8) is 0 Å². The lowest BCUT2D eigenvalue weighted by molar-refractivity contribution is 0.305. The van der Waals surface area contributed by atoms with Crippen LogP contribution in [0.5, 0.6) is 11.5 Å². The van der Waals surface area contributed by atoms with E-state index in [0.717, 1.165) is 107 Å². The number of H-pyrrole nitrogens is 2. The predicted octanol–water partition coefficient (Wildman–Crippen LogP) is 15.4. The van der Waals surface area contributed by atoms with Gasteiger partial charge in [-0.05, 0) is 146 Å². The Morgan fingerprint density at radius 2 is 0.955 bits per heavy atom. The van der Waals surface area contributed by atoms with E-state index in [1.54, 1.807) is 7.11 Å². The van der Waals surface area contributed by atoms with Crippen molar-refractivity contribution in [3.8, 4) is 67.5 Å². The molecule has 330 valence electrons. The zero-order valence-electron chi connectivity index (χ0n) is 39.4. The van der Waals surface area contributed by atoms with Crippen LogP contribution in [0.1, 0.15) is 77.6 Å². The minimum Gasteiger partial charge on any atom is -0.497 e. The fraction of sp³-hybridized carbons (Fsp3) is 0.220. The lowest BCUT2D eigenvalue weighted by Crippen LogP contribution is -2.16. The smallest absolute Gasteiger partial charge is 0.129 e. The maximum absolute atomic E-state index is 6.21. The van der Waals surface area contributed by atoms with E-state index in [4.69, 9.17) is 19.4 Å². The summed E-state index contributed by atoms with van der Waals surface area (Å²) in [7, 11) is 0.142. The van der Waals surface area contributed by atoms with Crippen molar-refractivity contribution in [3.05, 3.63) is 154 Å². The summed E-state index contributed by atoms with van der Waals surface area (Å²) < 4.78 is 11.8. The third-order valence-electron chi connectivity index (χ3n) is 12.2. The standard InChI is InChI=1S/C59H58N4O2Si/c1-9-10-11-12-34-65-46-23-19-44(20-24-46)58-49-26-25-47(60-49)56(42-15-13-41(14-16-42)33-35-66(6,7)8)51-29-31-53(62-51)59(55-39(3)36-38(2)37-40(55)4)54-32-30-52(63-54)57(48-27-28-50(58)61-48)43-17-21-45(64-5)22-18-43/h13-32,36-37,61-62H,9-12,34H2,1-8H3. The molecule has 0 saturated carbocycles. The summed E-state index contributed by atoms with van der Waals surface area (Å²) in [5.41, 5.74) is 23.8. The third-order valence-corrected chi connectivity index (χ3v) is 13.1. The Balaban J connectivity index is 1.36. The van der Waals surface area contributed by atoms with Gasteiger partial charge in [0, 0.05) is 49.9 Å². The van der Waals surface area contributed by atoms with Crippen LogP contribution in [0, 0.1) is 32.2 Å². The van der Waals surface area contributed by atoms with E-state index in [-0.39, 0.29) is 0 Å². The van der Waals surface area contributed by atoms with Gasteiger partial charge in [0.1, 0.15) is 19.6 Å². The Labute approximate surface area is 390 Å². The zero-order chi connectivity index (χ0) is 46.0. The van der Waals surface area contributed by atoms with Crippen LogP contribution in [0.2, 0.25) is 19.6 Å². The third kappa shape index (κ3) is 9.33. The van der Waals surface area contributed by atoms with Crippen molar-refractivity contribution < 1.29 is 9.47 Å². The Bertz CT molecular complexity index is 3220. The first-order valence-electron chi connectivity index (χ1n) is 23.2. The highest BCUT2D eigenvalue weighted by atomic mass is 28.3. The fourth-order valence-corrected chi connectivity index (χ4v) is 9.65. The van der Waals surface area contributed by atoms with E-state index in [2.05, 4.69) is 190 Å². The number of hydrogen-bond donors (Lipinski definition) is 2. The van der Waals surface area contributed by atoms with E-state index < -0.39 is 8.07 Å². The lowest BCUT2D eigenvalue weighted by atomic mass is 9.92. The van der Waals surface area contributed by atoms with Gasteiger partial charge in [-0.25, -0.2) is 9.97 Å². The second kappa shape index (κ2) is 18.8. The quantitative estimate of drug-likeness (QED) is 0.0771. The van der Waals surface area contributed by atoms with E-state index in [1.807, 2.05) is 12.1 Å². The molecule has 0 fully saturated rings. The number of aryl methyl sites for hydroxylation is 3.